The van der Waals surface area contributed by atoms with Crippen LogP contribution in [0.5, 0.6) is 0 Å². The molecule has 4 nitrogen and oxygen atoms in total. The van der Waals surface area contributed by atoms with Crippen molar-refractivity contribution in [2.75, 3.05) is 12.3 Å². The zero-order valence-electron chi connectivity index (χ0n) is 9.94. The molecule has 92 valence electrons. The number of anilines is 1. The number of amides is 1. The van der Waals surface area contributed by atoms with Gasteiger partial charge in [-0.15, -0.1) is 0 Å². The Bertz CT molecular complexity index is 410. The maximum atomic E-state index is 12.1. The van der Waals surface area contributed by atoms with Gasteiger partial charge in [0, 0.05) is 11.7 Å². The number of hydrogen-bond acceptors (Lipinski definition) is 3. The van der Waals surface area contributed by atoms with Crippen LogP contribution in [0.25, 0.3) is 0 Å². The van der Waals surface area contributed by atoms with Crippen molar-refractivity contribution in [3.8, 4) is 0 Å². The van der Waals surface area contributed by atoms with E-state index in [1.54, 1.807) is 6.92 Å². The molecule has 1 aromatic carbocycles. The minimum Gasteiger partial charge on any atom is -0.399 e. The third-order valence-corrected chi connectivity index (χ3v) is 3.30. The van der Waals surface area contributed by atoms with E-state index < -0.39 is 5.41 Å². The second-order valence-corrected chi connectivity index (χ2v) is 4.76. The van der Waals surface area contributed by atoms with Gasteiger partial charge in [0.1, 0.15) is 0 Å². The fourth-order valence-corrected chi connectivity index (χ4v) is 1.98. The largest absolute Gasteiger partial charge is 0.399 e. The van der Waals surface area contributed by atoms with Crippen molar-refractivity contribution in [2.45, 2.75) is 31.2 Å². The molecule has 0 aliphatic heterocycles. The Labute approximate surface area is 101 Å². The van der Waals surface area contributed by atoms with Crippen LogP contribution in [0.2, 0.25) is 0 Å². The second-order valence-electron chi connectivity index (χ2n) is 4.76. The normalized spacial score (nSPS) is 18.5. The molecule has 1 atom stereocenters. The number of carbonyl (C=O) groups is 1. The van der Waals surface area contributed by atoms with Crippen molar-refractivity contribution < 1.29 is 9.90 Å². The summed E-state index contributed by atoms with van der Waals surface area (Å²) >= 11 is 0. The number of nitrogens with one attached hydrogen (secondary N) is 1. The molecule has 0 radical (unpaired) electrons. The molecule has 2 rings (SSSR count). The Morgan fingerprint density at radius 2 is 2.06 bits per heavy atom. The van der Waals surface area contributed by atoms with E-state index in [1.165, 1.54) is 0 Å². The molecule has 0 saturated heterocycles. The fourth-order valence-electron chi connectivity index (χ4n) is 1.98. The highest BCUT2D eigenvalue weighted by Gasteiger charge is 2.51. The maximum Gasteiger partial charge on any atom is 0.230 e. The first-order chi connectivity index (χ1) is 8.08. The number of rotatable bonds is 4. The molecule has 1 fully saturated rings. The van der Waals surface area contributed by atoms with Gasteiger partial charge in [-0.1, -0.05) is 12.1 Å². The predicted molar refractivity (Wildman–Crippen MR) is 66.5 cm³/mol. The summed E-state index contributed by atoms with van der Waals surface area (Å²) in [4.78, 5) is 12.1. The van der Waals surface area contributed by atoms with E-state index >= 15 is 0 Å². The quantitative estimate of drug-likeness (QED) is 0.674. The summed E-state index contributed by atoms with van der Waals surface area (Å²) in [6.07, 6.45) is 1.72. The van der Waals surface area contributed by atoms with Crippen molar-refractivity contribution in [2.24, 2.45) is 0 Å². The molecule has 1 aliphatic carbocycles. The van der Waals surface area contributed by atoms with Crippen LogP contribution in [0.1, 0.15) is 25.3 Å². The van der Waals surface area contributed by atoms with Crippen molar-refractivity contribution in [1.29, 1.82) is 0 Å². The van der Waals surface area contributed by atoms with Crippen LogP contribution in [-0.2, 0) is 10.2 Å². The fraction of sp³-hybridized carbons (Fsp3) is 0.462. The average molecular weight is 234 g/mol. The smallest absolute Gasteiger partial charge is 0.230 e. The average Bonchev–Trinajstić information content (AvgIpc) is 3.11. The molecule has 17 heavy (non-hydrogen) atoms. The van der Waals surface area contributed by atoms with Crippen LogP contribution in [0, 0.1) is 0 Å². The van der Waals surface area contributed by atoms with Crippen LogP contribution in [0.15, 0.2) is 24.3 Å². The summed E-state index contributed by atoms with van der Waals surface area (Å²) in [5.74, 6) is 0.00354. The van der Waals surface area contributed by atoms with E-state index in [1.807, 2.05) is 24.3 Å². The van der Waals surface area contributed by atoms with Gasteiger partial charge in [0.15, 0.2) is 0 Å². The maximum absolute atomic E-state index is 12.1. The molecule has 4 N–H and O–H groups in total. The highest BCUT2D eigenvalue weighted by atomic mass is 16.3. The lowest BCUT2D eigenvalue weighted by Crippen LogP contribution is -2.41. The number of hydrogen-bond donors (Lipinski definition) is 3. The molecule has 1 aromatic rings. The van der Waals surface area contributed by atoms with Gasteiger partial charge in [-0.25, -0.2) is 0 Å². The number of aliphatic hydroxyl groups is 1. The summed E-state index contributed by atoms with van der Waals surface area (Å²) in [6, 6.07) is 7.25. The van der Waals surface area contributed by atoms with Crippen molar-refractivity contribution in [3.63, 3.8) is 0 Å². The lowest BCUT2D eigenvalue weighted by molar-refractivity contribution is -0.124. The van der Waals surface area contributed by atoms with Crippen LogP contribution in [0.4, 0.5) is 5.69 Å². The summed E-state index contributed by atoms with van der Waals surface area (Å²) in [5, 5.41) is 11.8. The summed E-state index contributed by atoms with van der Waals surface area (Å²) in [5.41, 5.74) is 6.95. The number of benzene rings is 1. The van der Waals surface area contributed by atoms with E-state index in [0.29, 0.717) is 5.69 Å². The number of aliphatic hydroxyl groups excluding tert-OH is 1. The summed E-state index contributed by atoms with van der Waals surface area (Å²) in [7, 11) is 0. The molecule has 0 aromatic heterocycles. The Kier molecular flexibility index (Phi) is 3.07. The van der Waals surface area contributed by atoms with Crippen LogP contribution in [0.3, 0.4) is 0 Å². The van der Waals surface area contributed by atoms with Crippen molar-refractivity contribution in [3.05, 3.63) is 29.8 Å². The van der Waals surface area contributed by atoms with Gasteiger partial charge in [-0.05, 0) is 37.5 Å². The number of nitrogens with two attached hydrogens (primary N) is 1. The standard InChI is InChI=1S/C13H18N2O2/c1-9(8-16)15-12(17)13(6-7-13)10-2-4-11(14)5-3-10/h2-5,9,16H,6-8,14H2,1H3,(H,15,17). The first-order valence-corrected chi connectivity index (χ1v) is 5.86. The zero-order chi connectivity index (χ0) is 12.5. The first kappa shape index (κ1) is 11.9. The molecule has 1 saturated carbocycles. The topological polar surface area (TPSA) is 75.3 Å². The van der Waals surface area contributed by atoms with Crippen molar-refractivity contribution >= 4 is 11.6 Å². The lowest BCUT2D eigenvalue weighted by Gasteiger charge is -2.18. The molecule has 1 amide bonds. The van der Waals surface area contributed by atoms with E-state index in [2.05, 4.69) is 5.32 Å². The molecular formula is C13H18N2O2. The van der Waals surface area contributed by atoms with Gasteiger partial charge >= 0.3 is 0 Å². The predicted octanol–water partition coefficient (Wildman–Crippen LogP) is 0.797. The minimum absolute atomic E-state index is 0.00354. The molecule has 1 aliphatic rings. The Balaban J connectivity index is 2.14. The Morgan fingerprint density at radius 1 is 1.47 bits per heavy atom. The lowest BCUT2D eigenvalue weighted by atomic mass is 9.94. The number of carbonyl (C=O) groups excluding carboxylic acids is 1. The van der Waals surface area contributed by atoms with Crippen LogP contribution >= 0.6 is 0 Å². The SMILES string of the molecule is CC(CO)NC(=O)C1(c2ccc(N)cc2)CC1. The van der Waals surface area contributed by atoms with Gasteiger partial charge in [0.25, 0.3) is 0 Å². The van der Waals surface area contributed by atoms with Gasteiger partial charge in [0.05, 0.1) is 12.0 Å². The summed E-state index contributed by atoms with van der Waals surface area (Å²) in [6.45, 7) is 1.75. The third-order valence-electron chi connectivity index (χ3n) is 3.30. The molecule has 0 bridgehead atoms. The second kappa shape index (κ2) is 4.37. The summed E-state index contributed by atoms with van der Waals surface area (Å²) < 4.78 is 0. The van der Waals surface area contributed by atoms with Gasteiger partial charge < -0.3 is 16.2 Å². The highest BCUT2D eigenvalue weighted by molar-refractivity contribution is 5.91. The molecule has 0 heterocycles. The van der Waals surface area contributed by atoms with Gasteiger partial charge in [-0.3, -0.25) is 4.79 Å². The van der Waals surface area contributed by atoms with Crippen LogP contribution in [-0.4, -0.2) is 23.7 Å². The molecule has 4 heteroatoms. The Hall–Kier alpha value is -1.55. The van der Waals surface area contributed by atoms with E-state index in [0.717, 1.165) is 18.4 Å². The van der Waals surface area contributed by atoms with Crippen LogP contribution < -0.4 is 11.1 Å². The highest BCUT2D eigenvalue weighted by Crippen LogP contribution is 2.48. The molecule has 1 unspecified atom stereocenters. The minimum atomic E-state index is -0.392. The van der Waals surface area contributed by atoms with E-state index in [9.17, 15) is 4.79 Å². The molecule has 0 spiro atoms. The van der Waals surface area contributed by atoms with Gasteiger partial charge in [-0.2, -0.15) is 0 Å². The van der Waals surface area contributed by atoms with E-state index in [-0.39, 0.29) is 18.6 Å². The zero-order valence-corrected chi connectivity index (χ0v) is 9.94. The number of nitrogen functional groups attached to an aromatic ring is 1. The molecular weight excluding hydrogens is 216 g/mol. The Morgan fingerprint density at radius 3 is 2.53 bits per heavy atom. The monoisotopic (exact) mass is 234 g/mol. The van der Waals surface area contributed by atoms with Crippen molar-refractivity contribution in [1.82, 2.24) is 5.32 Å². The first-order valence-electron chi connectivity index (χ1n) is 5.86. The van der Waals surface area contributed by atoms with E-state index in [4.69, 9.17) is 10.8 Å². The van der Waals surface area contributed by atoms with Gasteiger partial charge in [0.2, 0.25) is 5.91 Å². The third kappa shape index (κ3) is 2.26.